The number of carbonyl (C=O) groups is 1. The van der Waals surface area contributed by atoms with Crippen LogP contribution in [0.1, 0.15) is 38.2 Å². The van der Waals surface area contributed by atoms with Crippen LogP contribution >= 0.6 is 0 Å². The minimum absolute atomic E-state index is 0.282. The molecular weight excluding hydrogens is 316 g/mol. The zero-order valence-corrected chi connectivity index (χ0v) is 15.1. The molecule has 3 heterocycles. The molecule has 0 aromatic heterocycles. The Morgan fingerprint density at radius 1 is 1.12 bits per heavy atom. The van der Waals surface area contributed by atoms with Gasteiger partial charge in [-0.05, 0) is 63.4 Å². The lowest BCUT2D eigenvalue weighted by Crippen LogP contribution is -2.44. The fourth-order valence-electron chi connectivity index (χ4n) is 4.47. The van der Waals surface area contributed by atoms with Crippen molar-refractivity contribution in [3.05, 3.63) is 23.8 Å². The molecule has 136 valence electrons. The number of likely N-dealkylation sites (tertiary alicyclic amines) is 2. The fraction of sp³-hybridized carbons (Fsp3) is 0.650. The van der Waals surface area contributed by atoms with Crippen molar-refractivity contribution >= 4 is 5.91 Å². The van der Waals surface area contributed by atoms with E-state index in [2.05, 4.69) is 16.7 Å². The van der Waals surface area contributed by atoms with Crippen molar-refractivity contribution in [1.82, 2.24) is 9.80 Å². The van der Waals surface area contributed by atoms with E-state index >= 15 is 0 Å². The van der Waals surface area contributed by atoms with Crippen LogP contribution in [-0.4, -0.2) is 60.6 Å². The summed E-state index contributed by atoms with van der Waals surface area (Å²) < 4.78 is 11.2. The van der Waals surface area contributed by atoms with Crippen molar-refractivity contribution in [2.45, 2.75) is 51.1 Å². The molecule has 4 rings (SSSR count). The van der Waals surface area contributed by atoms with Gasteiger partial charge in [0.25, 0.3) is 0 Å². The van der Waals surface area contributed by atoms with Gasteiger partial charge in [0.1, 0.15) is 13.2 Å². The molecule has 0 bridgehead atoms. The number of hydrogen-bond acceptors (Lipinski definition) is 4. The van der Waals surface area contributed by atoms with Gasteiger partial charge in [0.2, 0.25) is 5.91 Å². The van der Waals surface area contributed by atoms with Crippen LogP contribution in [0.5, 0.6) is 11.5 Å². The van der Waals surface area contributed by atoms with E-state index in [4.69, 9.17) is 9.47 Å². The average molecular weight is 344 g/mol. The fourth-order valence-corrected chi connectivity index (χ4v) is 4.47. The number of ether oxygens (including phenoxy) is 2. The minimum Gasteiger partial charge on any atom is -0.486 e. The van der Waals surface area contributed by atoms with Crippen LogP contribution < -0.4 is 9.47 Å². The standard InChI is InChI=1S/C20H28N2O3/c1-15-17(21-9-2-3-10-21)8-11-22(15)20(23)7-5-16-4-6-18-19(14-16)25-13-12-24-18/h4,6,14-15,17H,2-3,5,7-13H2,1H3/t15-,17+/m1/s1. The second kappa shape index (κ2) is 7.24. The Kier molecular flexibility index (Phi) is 4.84. The third-order valence-corrected chi connectivity index (χ3v) is 5.88. The predicted octanol–water partition coefficient (Wildman–Crippen LogP) is 2.48. The maximum Gasteiger partial charge on any atom is 0.223 e. The number of rotatable bonds is 4. The summed E-state index contributed by atoms with van der Waals surface area (Å²) in [6, 6.07) is 6.91. The normalized spacial score (nSPS) is 26.2. The molecule has 2 saturated heterocycles. The van der Waals surface area contributed by atoms with E-state index in [0.29, 0.717) is 31.7 Å². The van der Waals surface area contributed by atoms with Gasteiger partial charge in [-0.25, -0.2) is 0 Å². The zero-order valence-electron chi connectivity index (χ0n) is 15.1. The SMILES string of the molecule is C[C@@H]1[C@@H](N2CCCC2)CCN1C(=O)CCc1ccc2c(c1)OCCO2. The van der Waals surface area contributed by atoms with Crippen LogP contribution in [0.25, 0.3) is 0 Å². The quantitative estimate of drug-likeness (QED) is 0.841. The lowest BCUT2D eigenvalue weighted by atomic mass is 10.1. The molecule has 1 aromatic carbocycles. The van der Waals surface area contributed by atoms with Crippen LogP contribution in [0.4, 0.5) is 0 Å². The van der Waals surface area contributed by atoms with E-state index in [0.717, 1.165) is 36.4 Å². The van der Waals surface area contributed by atoms with Gasteiger partial charge in [0, 0.05) is 25.0 Å². The number of amides is 1. The highest BCUT2D eigenvalue weighted by Gasteiger charge is 2.37. The smallest absolute Gasteiger partial charge is 0.223 e. The average Bonchev–Trinajstić information content (AvgIpc) is 3.29. The largest absolute Gasteiger partial charge is 0.486 e. The Hall–Kier alpha value is -1.75. The molecule has 5 heteroatoms. The van der Waals surface area contributed by atoms with Crippen molar-refractivity contribution in [2.75, 3.05) is 32.8 Å². The molecule has 1 amide bonds. The van der Waals surface area contributed by atoms with Gasteiger partial charge in [-0.1, -0.05) is 6.07 Å². The molecule has 0 N–H and O–H groups in total. The first kappa shape index (κ1) is 16.7. The van der Waals surface area contributed by atoms with E-state index in [1.54, 1.807) is 0 Å². The van der Waals surface area contributed by atoms with E-state index in [1.807, 2.05) is 18.2 Å². The predicted molar refractivity (Wildman–Crippen MR) is 96.1 cm³/mol. The minimum atomic E-state index is 0.282. The molecule has 5 nitrogen and oxygen atoms in total. The van der Waals surface area contributed by atoms with Gasteiger partial charge >= 0.3 is 0 Å². The van der Waals surface area contributed by atoms with E-state index in [9.17, 15) is 4.79 Å². The van der Waals surface area contributed by atoms with Gasteiger partial charge < -0.3 is 14.4 Å². The van der Waals surface area contributed by atoms with E-state index in [1.165, 1.54) is 25.9 Å². The molecular formula is C20H28N2O3. The Balaban J connectivity index is 1.33. The third-order valence-electron chi connectivity index (χ3n) is 5.88. The van der Waals surface area contributed by atoms with Crippen LogP contribution in [0.3, 0.4) is 0 Å². The molecule has 3 aliphatic rings. The summed E-state index contributed by atoms with van der Waals surface area (Å²) in [7, 11) is 0. The molecule has 0 saturated carbocycles. The van der Waals surface area contributed by atoms with Crippen LogP contribution in [0.2, 0.25) is 0 Å². The summed E-state index contributed by atoms with van der Waals surface area (Å²) >= 11 is 0. The van der Waals surface area contributed by atoms with Gasteiger partial charge in [-0.15, -0.1) is 0 Å². The van der Waals surface area contributed by atoms with Gasteiger partial charge in [0.15, 0.2) is 11.5 Å². The van der Waals surface area contributed by atoms with Crippen molar-refractivity contribution in [1.29, 1.82) is 0 Å². The summed E-state index contributed by atoms with van der Waals surface area (Å²) in [6.45, 7) is 6.73. The zero-order chi connectivity index (χ0) is 17.2. The summed E-state index contributed by atoms with van der Waals surface area (Å²) in [5.74, 6) is 1.90. The molecule has 1 aromatic rings. The first-order chi connectivity index (χ1) is 12.2. The first-order valence-corrected chi connectivity index (χ1v) is 9.64. The van der Waals surface area contributed by atoms with Crippen LogP contribution in [0.15, 0.2) is 18.2 Å². The number of hydrogen-bond donors (Lipinski definition) is 0. The Morgan fingerprint density at radius 2 is 1.88 bits per heavy atom. The third kappa shape index (κ3) is 3.47. The number of aryl methyl sites for hydroxylation is 1. The van der Waals surface area contributed by atoms with Gasteiger partial charge in [-0.3, -0.25) is 9.69 Å². The Morgan fingerprint density at radius 3 is 2.68 bits per heavy atom. The molecule has 25 heavy (non-hydrogen) atoms. The monoisotopic (exact) mass is 344 g/mol. The first-order valence-electron chi connectivity index (χ1n) is 9.64. The molecule has 0 unspecified atom stereocenters. The highest BCUT2D eigenvalue weighted by molar-refractivity contribution is 5.77. The molecule has 3 aliphatic heterocycles. The van der Waals surface area contributed by atoms with Gasteiger partial charge in [0.05, 0.1) is 0 Å². The number of nitrogens with zero attached hydrogens (tertiary/aromatic N) is 2. The molecule has 0 radical (unpaired) electrons. The van der Waals surface area contributed by atoms with Crippen LogP contribution in [0, 0.1) is 0 Å². The topological polar surface area (TPSA) is 42.0 Å². The maximum absolute atomic E-state index is 12.7. The molecule has 2 atom stereocenters. The maximum atomic E-state index is 12.7. The number of carbonyl (C=O) groups excluding carboxylic acids is 1. The van der Waals surface area contributed by atoms with Crippen molar-refractivity contribution < 1.29 is 14.3 Å². The number of fused-ring (bicyclic) bond motifs is 1. The van der Waals surface area contributed by atoms with Crippen molar-refractivity contribution in [2.24, 2.45) is 0 Å². The summed E-state index contributed by atoms with van der Waals surface area (Å²) in [6.07, 6.45) is 5.06. The highest BCUT2D eigenvalue weighted by Crippen LogP contribution is 2.31. The summed E-state index contributed by atoms with van der Waals surface area (Å²) in [4.78, 5) is 17.4. The van der Waals surface area contributed by atoms with Crippen molar-refractivity contribution in [3.63, 3.8) is 0 Å². The lowest BCUT2D eigenvalue weighted by Gasteiger charge is -2.30. The van der Waals surface area contributed by atoms with Crippen LogP contribution in [-0.2, 0) is 11.2 Å². The number of benzene rings is 1. The lowest BCUT2D eigenvalue weighted by molar-refractivity contribution is -0.132. The Labute approximate surface area is 149 Å². The molecule has 0 spiro atoms. The molecule has 2 fully saturated rings. The van der Waals surface area contributed by atoms with Gasteiger partial charge in [-0.2, -0.15) is 0 Å². The Bertz CT molecular complexity index is 627. The van der Waals surface area contributed by atoms with E-state index in [-0.39, 0.29) is 5.91 Å². The van der Waals surface area contributed by atoms with E-state index < -0.39 is 0 Å². The molecule has 0 aliphatic carbocycles. The summed E-state index contributed by atoms with van der Waals surface area (Å²) in [5, 5.41) is 0. The second-order valence-electron chi connectivity index (χ2n) is 7.40. The second-order valence-corrected chi connectivity index (χ2v) is 7.40. The van der Waals surface area contributed by atoms with Crippen molar-refractivity contribution in [3.8, 4) is 11.5 Å². The highest BCUT2D eigenvalue weighted by atomic mass is 16.6. The summed E-state index contributed by atoms with van der Waals surface area (Å²) in [5.41, 5.74) is 1.14.